The molecule has 0 atom stereocenters. The predicted octanol–water partition coefficient (Wildman–Crippen LogP) is 2.61. The van der Waals surface area contributed by atoms with Crippen LogP contribution in [0.2, 0.25) is 0 Å². The second kappa shape index (κ2) is 6.86. The van der Waals surface area contributed by atoms with Crippen molar-refractivity contribution in [3.05, 3.63) is 60.6 Å². The minimum absolute atomic E-state index is 0.262. The highest BCUT2D eigenvalue weighted by atomic mass is 16.1. The second-order valence-electron chi connectivity index (χ2n) is 6.61. The van der Waals surface area contributed by atoms with Crippen LogP contribution in [0, 0.1) is 0 Å². The van der Waals surface area contributed by atoms with Crippen molar-refractivity contribution in [2.24, 2.45) is 5.73 Å². The van der Waals surface area contributed by atoms with Gasteiger partial charge in [0.1, 0.15) is 11.4 Å². The lowest BCUT2D eigenvalue weighted by Crippen LogP contribution is -2.45. The molecule has 1 aromatic carbocycles. The largest absolute Gasteiger partial charge is 0.353 e. The molecule has 1 amide bonds. The van der Waals surface area contributed by atoms with Gasteiger partial charge in [0.15, 0.2) is 0 Å². The summed E-state index contributed by atoms with van der Waals surface area (Å²) in [7, 11) is 0. The molecule has 128 valence electrons. The normalized spacial score (nSPS) is 11.3. The summed E-state index contributed by atoms with van der Waals surface area (Å²) in [6, 6.07) is 13.9. The van der Waals surface area contributed by atoms with E-state index in [9.17, 15) is 4.79 Å². The molecule has 0 saturated heterocycles. The number of hydrogen-bond donors (Lipinski definition) is 3. The van der Waals surface area contributed by atoms with Crippen molar-refractivity contribution in [1.29, 1.82) is 0 Å². The van der Waals surface area contributed by atoms with Gasteiger partial charge in [-0.3, -0.25) is 9.78 Å². The number of rotatable bonds is 5. The van der Waals surface area contributed by atoms with Gasteiger partial charge in [-0.15, -0.1) is 0 Å². The van der Waals surface area contributed by atoms with Crippen LogP contribution in [-0.2, 0) is 0 Å². The zero-order valence-corrected chi connectivity index (χ0v) is 14.3. The van der Waals surface area contributed by atoms with E-state index in [-0.39, 0.29) is 11.6 Å². The van der Waals surface area contributed by atoms with Crippen LogP contribution in [-0.4, -0.2) is 32.9 Å². The summed E-state index contributed by atoms with van der Waals surface area (Å²) >= 11 is 0. The number of nitrogens with one attached hydrogen (secondary N) is 2. The predicted molar refractivity (Wildman–Crippen MR) is 97.9 cm³/mol. The first-order chi connectivity index (χ1) is 11.9. The third kappa shape index (κ3) is 4.30. The maximum Gasteiger partial charge on any atom is 0.271 e. The lowest BCUT2D eigenvalue weighted by molar-refractivity contribution is 0.0940. The molecule has 0 aliphatic carbocycles. The molecule has 3 rings (SSSR count). The van der Waals surface area contributed by atoms with Crippen LogP contribution in [0.3, 0.4) is 0 Å². The average Bonchev–Trinajstić information content (AvgIpc) is 3.10. The molecule has 6 nitrogen and oxygen atoms in total. The van der Waals surface area contributed by atoms with E-state index in [4.69, 9.17) is 5.73 Å². The molecule has 25 heavy (non-hydrogen) atoms. The van der Waals surface area contributed by atoms with Crippen molar-refractivity contribution in [3.8, 4) is 22.6 Å². The highest BCUT2D eigenvalue weighted by molar-refractivity contribution is 5.92. The first kappa shape index (κ1) is 16.9. The van der Waals surface area contributed by atoms with Crippen molar-refractivity contribution in [2.75, 3.05) is 6.54 Å². The van der Waals surface area contributed by atoms with Crippen LogP contribution in [0.25, 0.3) is 22.6 Å². The number of nitrogens with zero attached hydrogens (tertiary/aromatic N) is 2. The lowest BCUT2D eigenvalue weighted by atomic mass is 10.1. The molecule has 4 N–H and O–H groups in total. The lowest BCUT2D eigenvalue weighted by Gasteiger charge is -2.18. The molecular weight excluding hydrogens is 314 g/mol. The number of benzene rings is 1. The topological polar surface area (TPSA) is 96.7 Å². The van der Waals surface area contributed by atoms with Gasteiger partial charge in [-0.2, -0.15) is 0 Å². The molecule has 2 heterocycles. The number of carbonyl (C=O) groups is 1. The Balaban J connectivity index is 1.80. The van der Waals surface area contributed by atoms with Crippen LogP contribution in [0.1, 0.15) is 24.3 Å². The Morgan fingerprint density at radius 3 is 2.56 bits per heavy atom. The van der Waals surface area contributed by atoms with Crippen molar-refractivity contribution < 1.29 is 4.79 Å². The molecule has 3 aromatic rings. The number of hydrogen-bond acceptors (Lipinski definition) is 4. The Labute approximate surface area is 146 Å². The van der Waals surface area contributed by atoms with Gasteiger partial charge in [-0.1, -0.05) is 30.3 Å². The third-order valence-corrected chi connectivity index (χ3v) is 3.62. The molecule has 0 aliphatic heterocycles. The van der Waals surface area contributed by atoms with Crippen LogP contribution in [0.5, 0.6) is 0 Å². The van der Waals surface area contributed by atoms with E-state index in [0.717, 1.165) is 17.0 Å². The molecule has 2 aromatic heterocycles. The molecule has 0 fully saturated rings. The quantitative estimate of drug-likeness (QED) is 0.667. The van der Waals surface area contributed by atoms with Crippen molar-refractivity contribution >= 4 is 5.91 Å². The maximum atomic E-state index is 12.2. The zero-order chi connectivity index (χ0) is 17.9. The summed E-state index contributed by atoms with van der Waals surface area (Å²) in [5, 5.41) is 2.77. The maximum absolute atomic E-state index is 12.2. The van der Waals surface area contributed by atoms with Gasteiger partial charge in [-0.25, -0.2) is 4.98 Å². The fourth-order valence-corrected chi connectivity index (χ4v) is 2.33. The third-order valence-electron chi connectivity index (χ3n) is 3.62. The van der Waals surface area contributed by atoms with E-state index in [1.165, 1.54) is 6.20 Å². The second-order valence-corrected chi connectivity index (χ2v) is 6.61. The van der Waals surface area contributed by atoms with Gasteiger partial charge >= 0.3 is 0 Å². The van der Waals surface area contributed by atoms with E-state index < -0.39 is 5.54 Å². The number of aromatic nitrogens is 3. The van der Waals surface area contributed by atoms with Crippen molar-refractivity contribution in [3.63, 3.8) is 0 Å². The Morgan fingerprint density at radius 2 is 1.84 bits per heavy atom. The number of carbonyl (C=O) groups excluding carboxylic acids is 1. The van der Waals surface area contributed by atoms with Crippen LogP contribution in [0.15, 0.2) is 54.9 Å². The summed E-state index contributed by atoms with van der Waals surface area (Å²) in [5.41, 5.74) is 9.15. The van der Waals surface area contributed by atoms with Crippen molar-refractivity contribution in [1.82, 2.24) is 20.3 Å². The minimum atomic E-state index is -0.481. The van der Waals surface area contributed by atoms with Gasteiger partial charge in [0.2, 0.25) is 0 Å². The number of nitrogens with two attached hydrogens (primary N) is 1. The SMILES string of the molecule is CC(C)(N)CNC(=O)c1cncc(-c2ccc(-c3ccccc3)[nH]2)n1. The molecule has 0 bridgehead atoms. The molecule has 0 saturated carbocycles. The summed E-state index contributed by atoms with van der Waals surface area (Å²) in [4.78, 5) is 24.1. The summed E-state index contributed by atoms with van der Waals surface area (Å²) < 4.78 is 0. The zero-order valence-electron chi connectivity index (χ0n) is 14.3. The molecule has 0 radical (unpaired) electrons. The van der Waals surface area contributed by atoms with Gasteiger partial charge in [0, 0.05) is 17.8 Å². The first-order valence-corrected chi connectivity index (χ1v) is 8.06. The Bertz CT molecular complexity index is 865. The van der Waals surface area contributed by atoms with Gasteiger partial charge in [-0.05, 0) is 31.5 Å². The number of H-pyrrole nitrogens is 1. The highest BCUT2D eigenvalue weighted by Crippen LogP contribution is 2.22. The van der Waals surface area contributed by atoms with Gasteiger partial charge in [0.05, 0.1) is 18.1 Å². The Hall–Kier alpha value is -2.99. The highest BCUT2D eigenvalue weighted by Gasteiger charge is 2.15. The Morgan fingerprint density at radius 1 is 1.12 bits per heavy atom. The van der Waals surface area contributed by atoms with Crippen molar-refractivity contribution in [2.45, 2.75) is 19.4 Å². The fraction of sp³-hybridized carbons (Fsp3) is 0.211. The first-order valence-electron chi connectivity index (χ1n) is 8.06. The van der Waals surface area contributed by atoms with Gasteiger partial charge < -0.3 is 16.0 Å². The van der Waals surface area contributed by atoms with Gasteiger partial charge in [0.25, 0.3) is 5.91 Å². The average molecular weight is 335 g/mol. The van der Waals surface area contributed by atoms with E-state index in [0.29, 0.717) is 12.2 Å². The van der Waals surface area contributed by atoms with Crippen LogP contribution >= 0.6 is 0 Å². The van der Waals surface area contributed by atoms with E-state index in [2.05, 4.69) is 20.3 Å². The smallest absolute Gasteiger partial charge is 0.271 e. The molecule has 0 spiro atoms. The van der Waals surface area contributed by atoms with Crippen LogP contribution in [0.4, 0.5) is 0 Å². The molecular formula is C19H21N5O. The minimum Gasteiger partial charge on any atom is -0.353 e. The standard InChI is InChI=1S/C19H21N5O/c1-19(2,20)12-22-18(25)17-11-21-10-16(24-17)15-9-8-14(23-15)13-6-4-3-5-7-13/h3-11,23H,12,20H2,1-2H3,(H,22,25). The molecule has 0 unspecified atom stereocenters. The van der Waals surface area contributed by atoms with E-state index in [1.54, 1.807) is 6.20 Å². The fourth-order valence-electron chi connectivity index (χ4n) is 2.33. The Kier molecular flexibility index (Phi) is 4.63. The summed E-state index contributed by atoms with van der Waals surface area (Å²) in [6.07, 6.45) is 3.08. The number of amides is 1. The van der Waals surface area contributed by atoms with E-state index in [1.807, 2.05) is 56.3 Å². The summed E-state index contributed by atoms with van der Waals surface area (Å²) in [5.74, 6) is -0.289. The van der Waals surface area contributed by atoms with E-state index >= 15 is 0 Å². The monoisotopic (exact) mass is 335 g/mol. The van der Waals surface area contributed by atoms with Crippen LogP contribution < -0.4 is 11.1 Å². The molecule has 6 heteroatoms. The molecule has 0 aliphatic rings. The summed E-state index contributed by atoms with van der Waals surface area (Å²) in [6.45, 7) is 4.05. The number of aromatic amines is 1.